The van der Waals surface area contributed by atoms with E-state index in [0.29, 0.717) is 18.3 Å². The average Bonchev–Trinajstić information content (AvgIpc) is 2.86. The zero-order valence-electron chi connectivity index (χ0n) is 20.8. The van der Waals surface area contributed by atoms with E-state index in [1.54, 1.807) is 13.1 Å². The highest BCUT2D eigenvalue weighted by Gasteiger charge is 2.23. The maximum absolute atomic E-state index is 13.0. The van der Waals surface area contributed by atoms with E-state index in [4.69, 9.17) is 0 Å². The van der Waals surface area contributed by atoms with Crippen LogP contribution in [-0.2, 0) is 22.4 Å². The van der Waals surface area contributed by atoms with Crippen molar-refractivity contribution >= 4 is 40.6 Å². The number of likely N-dealkylation sites (tertiary alicyclic amines) is 1. The number of nitrogens with zero attached hydrogens (tertiary/aromatic N) is 3. The zero-order chi connectivity index (χ0) is 25.1. The normalized spacial score (nSPS) is 15.4. The third-order valence-electron chi connectivity index (χ3n) is 7.01. The number of anilines is 5. The van der Waals surface area contributed by atoms with Crippen molar-refractivity contribution in [2.75, 3.05) is 29.0 Å². The Kier molecular flexibility index (Phi) is 6.84. The second-order valence-electron chi connectivity index (χ2n) is 9.75. The first-order chi connectivity index (χ1) is 17.4. The highest BCUT2D eigenvalue weighted by atomic mass is 16.2. The summed E-state index contributed by atoms with van der Waals surface area (Å²) in [7, 11) is 0. The third-order valence-corrected chi connectivity index (χ3v) is 7.01. The van der Waals surface area contributed by atoms with E-state index < -0.39 is 0 Å². The summed E-state index contributed by atoms with van der Waals surface area (Å²) in [5.41, 5.74) is 5.91. The van der Waals surface area contributed by atoms with Crippen molar-refractivity contribution < 1.29 is 9.59 Å². The van der Waals surface area contributed by atoms with E-state index in [0.717, 1.165) is 72.8 Å². The van der Waals surface area contributed by atoms with E-state index in [1.807, 2.05) is 36.1 Å². The monoisotopic (exact) mass is 484 g/mol. The van der Waals surface area contributed by atoms with Gasteiger partial charge in [0, 0.05) is 55.3 Å². The zero-order valence-corrected chi connectivity index (χ0v) is 20.8. The Bertz CT molecular complexity index is 1280. The van der Waals surface area contributed by atoms with Gasteiger partial charge in [-0.05, 0) is 80.0 Å². The lowest BCUT2D eigenvalue weighted by Gasteiger charge is -2.31. The predicted molar refractivity (Wildman–Crippen MR) is 142 cm³/mol. The molecule has 2 aliphatic rings. The van der Waals surface area contributed by atoms with Gasteiger partial charge >= 0.3 is 0 Å². The number of hydrogen-bond donors (Lipinski definition) is 3. The molecule has 0 saturated carbocycles. The number of aryl methyl sites for hydroxylation is 3. The summed E-state index contributed by atoms with van der Waals surface area (Å²) in [5.74, 6) is 1.72. The van der Waals surface area contributed by atoms with Gasteiger partial charge in [-0.3, -0.25) is 9.59 Å². The molecule has 1 fully saturated rings. The van der Waals surface area contributed by atoms with Crippen LogP contribution in [0.3, 0.4) is 0 Å². The molecule has 0 spiro atoms. The Morgan fingerprint density at radius 2 is 1.86 bits per heavy atom. The Morgan fingerprint density at radius 3 is 2.67 bits per heavy atom. The largest absolute Gasteiger partial charge is 0.343 e. The van der Waals surface area contributed by atoms with E-state index in [9.17, 15) is 9.59 Å². The molecule has 3 heterocycles. The van der Waals surface area contributed by atoms with Crippen molar-refractivity contribution in [2.45, 2.75) is 46.0 Å². The molecule has 2 aromatic carbocycles. The van der Waals surface area contributed by atoms with Crippen LogP contribution >= 0.6 is 0 Å². The summed E-state index contributed by atoms with van der Waals surface area (Å²) in [4.78, 5) is 35.5. The van der Waals surface area contributed by atoms with E-state index in [2.05, 4.69) is 44.1 Å². The standard InChI is InChI=1S/C28H32N6O2/c1-18-17-29-28-31-23-5-3-4-20(14-23)6-7-22-16-24(30-27(18)33-28)8-9-25(22)32-26(36)15-21-10-12-34(13-11-21)19(2)35/h3-5,8-9,14,16-17,21H,6-7,10-13,15H2,1-2H3,(H,32,36)(H2,29,30,31,33). The molecule has 0 radical (unpaired) electrons. The van der Waals surface area contributed by atoms with Gasteiger partial charge in [-0.25, -0.2) is 4.98 Å². The molecule has 3 N–H and O–H groups in total. The SMILES string of the molecule is CC(=O)N1CCC(CC(=O)Nc2ccc3cc2CCc2cccc(c2)Nc2ncc(C)c(n2)N3)CC1. The summed E-state index contributed by atoms with van der Waals surface area (Å²) >= 11 is 0. The van der Waals surface area contributed by atoms with E-state index in [-0.39, 0.29) is 11.8 Å². The fourth-order valence-electron chi connectivity index (χ4n) is 4.89. The van der Waals surface area contributed by atoms with Crippen molar-refractivity contribution in [1.29, 1.82) is 0 Å². The molecule has 0 unspecified atom stereocenters. The van der Waals surface area contributed by atoms with Gasteiger partial charge in [0.15, 0.2) is 0 Å². The lowest BCUT2D eigenvalue weighted by molar-refractivity contribution is -0.130. The molecule has 186 valence electrons. The van der Waals surface area contributed by atoms with Crippen LogP contribution in [0.25, 0.3) is 0 Å². The fourth-order valence-corrected chi connectivity index (χ4v) is 4.89. The molecule has 2 aliphatic heterocycles. The fraction of sp³-hybridized carbons (Fsp3) is 0.357. The summed E-state index contributed by atoms with van der Waals surface area (Å²) < 4.78 is 0. The van der Waals surface area contributed by atoms with E-state index in [1.165, 1.54) is 5.56 Å². The summed E-state index contributed by atoms with van der Waals surface area (Å²) in [5, 5.41) is 9.89. The molecule has 36 heavy (non-hydrogen) atoms. The Morgan fingerprint density at radius 1 is 1.06 bits per heavy atom. The number of hydrogen-bond acceptors (Lipinski definition) is 6. The number of amides is 2. The molecule has 0 atom stereocenters. The van der Waals surface area contributed by atoms with Crippen LogP contribution < -0.4 is 16.0 Å². The van der Waals surface area contributed by atoms with Gasteiger partial charge in [-0.1, -0.05) is 12.1 Å². The number of carbonyl (C=O) groups excluding carboxylic acids is 2. The Hall–Kier alpha value is -3.94. The maximum Gasteiger partial charge on any atom is 0.229 e. The summed E-state index contributed by atoms with van der Waals surface area (Å²) in [6.45, 7) is 5.05. The number of rotatable bonds is 3. The second-order valence-corrected chi connectivity index (χ2v) is 9.75. The molecule has 8 nitrogen and oxygen atoms in total. The smallest absolute Gasteiger partial charge is 0.229 e. The Balaban J connectivity index is 1.36. The van der Waals surface area contributed by atoms with Crippen molar-refractivity contribution in [3.8, 4) is 0 Å². The quantitative estimate of drug-likeness (QED) is 0.486. The first kappa shape index (κ1) is 23.8. The van der Waals surface area contributed by atoms with Crippen LogP contribution in [0.5, 0.6) is 0 Å². The minimum absolute atomic E-state index is 0.0265. The molecule has 2 amide bonds. The summed E-state index contributed by atoms with van der Waals surface area (Å²) in [6, 6.07) is 14.3. The van der Waals surface area contributed by atoms with Gasteiger partial charge in [0.25, 0.3) is 0 Å². The molecular formula is C28H32N6O2. The van der Waals surface area contributed by atoms with Crippen molar-refractivity contribution in [3.63, 3.8) is 0 Å². The first-order valence-electron chi connectivity index (χ1n) is 12.6. The minimum Gasteiger partial charge on any atom is -0.343 e. The van der Waals surface area contributed by atoms with Gasteiger partial charge in [0.05, 0.1) is 0 Å². The molecule has 8 heteroatoms. The van der Waals surface area contributed by atoms with Gasteiger partial charge in [-0.2, -0.15) is 4.98 Å². The second kappa shape index (κ2) is 10.4. The maximum atomic E-state index is 13.0. The number of carbonyl (C=O) groups is 2. The number of fused-ring (bicyclic) bond motifs is 6. The first-order valence-corrected chi connectivity index (χ1v) is 12.6. The lowest BCUT2D eigenvalue weighted by Crippen LogP contribution is -2.37. The molecule has 5 rings (SSSR count). The van der Waals surface area contributed by atoms with Crippen LogP contribution in [0.4, 0.5) is 28.8 Å². The molecule has 1 saturated heterocycles. The molecule has 6 bridgehead atoms. The van der Waals surface area contributed by atoms with Gasteiger partial charge in [0.2, 0.25) is 17.8 Å². The number of benzene rings is 2. The van der Waals surface area contributed by atoms with Crippen LogP contribution in [-0.4, -0.2) is 39.8 Å². The number of aromatic nitrogens is 2. The van der Waals surface area contributed by atoms with Crippen LogP contribution in [0, 0.1) is 12.8 Å². The molecule has 3 aromatic rings. The highest BCUT2D eigenvalue weighted by Crippen LogP contribution is 2.28. The Labute approximate surface area is 211 Å². The van der Waals surface area contributed by atoms with Crippen LogP contribution in [0.2, 0.25) is 0 Å². The van der Waals surface area contributed by atoms with E-state index >= 15 is 0 Å². The van der Waals surface area contributed by atoms with Crippen molar-refractivity contribution in [2.24, 2.45) is 5.92 Å². The average molecular weight is 485 g/mol. The third kappa shape index (κ3) is 5.64. The van der Waals surface area contributed by atoms with Crippen molar-refractivity contribution in [3.05, 3.63) is 65.4 Å². The van der Waals surface area contributed by atoms with Crippen molar-refractivity contribution in [1.82, 2.24) is 14.9 Å². The lowest BCUT2D eigenvalue weighted by atomic mass is 9.93. The predicted octanol–water partition coefficient (Wildman–Crippen LogP) is 4.96. The van der Waals surface area contributed by atoms with Crippen LogP contribution in [0.15, 0.2) is 48.7 Å². The molecule has 0 aliphatic carbocycles. The number of piperidine rings is 1. The van der Waals surface area contributed by atoms with Gasteiger partial charge in [0.1, 0.15) is 5.82 Å². The topological polar surface area (TPSA) is 99.3 Å². The van der Waals surface area contributed by atoms with Gasteiger partial charge < -0.3 is 20.9 Å². The van der Waals surface area contributed by atoms with Crippen LogP contribution in [0.1, 0.15) is 42.9 Å². The summed E-state index contributed by atoms with van der Waals surface area (Å²) in [6.07, 6.45) is 5.64. The molecule has 1 aromatic heterocycles. The highest BCUT2D eigenvalue weighted by molar-refractivity contribution is 5.92. The minimum atomic E-state index is 0.0265. The number of nitrogens with one attached hydrogen (secondary N) is 3. The van der Waals surface area contributed by atoms with Gasteiger partial charge in [-0.15, -0.1) is 0 Å². The molecular weight excluding hydrogens is 452 g/mol.